The fourth-order valence-corrected chi connectivity index (χ4v) is 11.5. The molecule has 0 radical (unpaired) electrons. The summed E-state index contributed by atoms with van der Waals surface area (Å²) in [6.45, 7) is 8.69. The highest BCUT2D eigenvalue weighted by Gasteiger charge is 2.51. The average molecular weight is 943 g/mol. The van der Waals surface area contributed by atoms with E-state index in [1.54, 1.807) is 24.3 Å². The molecule has 0 aromatic heterocycles. The van der Waals surface area contributed by atoms with Crippen LogP contribution in [0.3, 0.4) is 0 Å². The number of ether oxygens (including phenoxy) is 4. The summed E-state index contributed by atoms with van der Waals surface area (Å²) in [5, 5.41) is 4.68. The lowest BCUT2D eigenvalue weighted by molar-refractivity contribution is -0.159. The summed E-state index contributed by atoms with van der Waals surface area (Å²) in [6.07, 6.45) is 4.74. The molecule has 4 saturated heterocycles. The molecular weight excluding hydrogens is 877 g/mol. The van der Waals surface area contributed by atoms with Gasteiger partial charge in [0.2, 0.25) is 0 Å². The normalized spacial score (nSPS) is 24.8. The average Bonchev–Trinajstić information content (AvgIpc) is 3.76. The summed E-state index contributed by atoms with van der Waals surface area (Å²) >= 11 is 0. The van der Waals surface area contributed by atoms with Gasteiger partial charge in [-0.25, -0.2) is 9.59 Å². The Kier molecular flexibility index (Phi) is 14.8. The van der Waals surface area contributed by atoms with Crippen LogP contribution in [0, 0.1) is 25.7 Å². The van der Waals surface area contributed by atoms with Gasteiger partial charge in [-0.3, -0.25) is 19.4 Å². The largest absolute Gasteiger partial charge is 0.465 e. The fourth-order valence-electron chi connectivity index (χ4n) is 11.5. The summed E-state index contributed by atoms with van der Waals surface area (Å²) in [7, 11) is 4.20. The number of fused-ring (bicyclic) bond motifs is 6. The molecule has 4 aliphatic rings. The van der Waals surface area contributed by atoms with E-state index in [0.29, 0.717) is 36.2 Å². The zero-order chi connectivity index (χ0) is 49.1. The molecule has 0 aliphatic carbocycles. The van der Waals surface area contributed by atoms with E-state index in [0.717, 1.165) is 48.6 Å². The van der Waals surface area contributed by atoms with Crippen molar-refractivity contribution in [3.63, 3.8) is 0 Å². The molecule has 10 nitrogen and oxygen atoms in total. The van der Waals surface area contributed by atoms with Crippen molar-refractivity contribution >= 4 is 45.4 Å². The van der Waals surface area contributed by atoms with Crippen LogP contribution in [0.15, 0.2) is 133 Å². The first kappa shape index (κ1) is 48.7. The van der Waals surface area contributed by atoms with Gasteiger partial charge >= 0.3 is 23.9 Å². The van der Waals surface area contributed by atoms with Gasteiger partial charge in [0.05, 0.1) is 30.3 Å². The molecule has 4 bridgehead atoms. The molecule has 4 fully saturated rings. The van der Waals surface area contributed by atoms with E-state index in [-0.39, 0.29) is 66.4 Å². The SMILES string of the molecule is Cc1ccc2cc(C(C)C(=O)OCC3C(OC(=O)c4ccccc4)CC4CCC3N4C)ccc2c1.Cc1ccc2cc(C(C)COC(=O)C3C(OC(=O)c4ccccc4)CC4CCC3N4C)ccc2c1. The maximum atomic E-state index is 13.4. The molecule has 0 N–H and O–H groups in total. The first-order valence-electron chi connectivity index (χ1n) is 25.1. The van der Waals surface area contributed by atoms with E-state index < -0.39 is 12.0 Å². The quantitative estimate of drug-likeness (QED) is 0.0868. The third-order valence-electron chi connectivity index (χ3n) is 15.7. The number of esters is 4. The van der Waals surface area contributed by atoms with Gasteiger partial charge < -0.3 is 18.9 Å². The Hall–Kier alpha value is -6.36. The van der Waals surface area contributed by atoms with E-state index in [1.165, 1.54) is 27.3 Å². The fraction of sp³-hybridized carbons (Fsp3) is 0.400. The van der Waals surface area contributed by atoms with Crippen LogP contribution in [-0.4, -0.2) is 97.4 Å². The predicted octanol–water partition coefficient (Wildman–Crippen LogP) is 11.0. The van der Waals surface area contributed by atoms with Crippen LogP contribution in [0.1, 0.15) is 107 Å². The standard InChI is InChI=1S/2C30H33NO4/c1-19-9-10-24-16-22(11-12-23(24)15-19)20(2)29(32)34-18-26-27-14-13-25(31(27)3)17-28(26)35-30(33)21-7-5-4-6-8-21;1-19-9-10-24-16-22(11-12-23(24)15-19)20(2)18-34-30(33)28-26-14-13-25(31(26)3)17-27(28)35-29(32)21-7-5-4-6-8-21/h2*4-12,15-16,20,25-28H,13-14,17-18H2,1-3H3. The van der Waals surface area contributed by atoms with Gasteiger partial charge in [-0.05, 0) is 117 Å². The zero-order valence-corrected chi connectivity index (χ0v) is 41.3. The van der Waals surface area contributed by atoms with Gasteiger partial charge in [0, 0.05) is 48.8 Å². The van der Waals surface area contributed by atoms with E-state index in [2.05, 4.69) is 111 Å². The van der Waals surface area contributed by atoms with Crippen molar-refractivity contribution in [2.45, 2.75) is 114 Å². The smallest absolute Gasteiger partial charge is 0.338 e. The maximum Gasteiger partial charge on any atom is 0.338 e. The van der Waals surface area contributed by atoms with Crippen molar-refractivity contribution in [2.75, 3.05) is 27.3 Å². The van der Waals surface area contributed by atoms with Crippen LogP contribution in [0.2, 0.25) is 0 Å². The minimum Gasteiger partial charge on any atom is -0.465 e. The van der Waals surface area contributed by atoms with Gasteiger partial charge in [0.1, 0.15) is 18.1 Å². The first-order chi connectivity index (χ1) is 33.8. The number of hydrogen-bond donors (Lipinski definition) is 0. The lowest BCUT2D eigenvalue weighted by atomic mass is 9.87. The van der Waals surface area contributed by atoms with Crippen molar-refractivity contribution in [3.8, 4) is 0 Å². The van der Waals surface area contributed by atoms with Crippen LogP contribution in [-0.2, 0) is 28.5 Å². The first-order valence-corrected chi connectivity index (χ1v) is 25.1. The Bertz CT molecular complexity index is 2830. The van der Waals surface area contributed by atoms with Crippen molar-refractivity contribution < 1.29 is 38.1 Å². The van der Waals surface area contributed by atoms with Gasteiger partial charge in [-0.2, -0.15) is 0 Å². The summed E-state index contributed by atoms with van der Waals surface area (Å²) in [5.74, 6) is -2.02. The number of benzene rings is 6. The maximum absolute atomic E-state index is 13.4. The summed E-state index contributed by atoms with van der Waals surface area (Å²) in [4.78, 5) is 56.7. The molecule has 364 valence electrons. The highest BCUT2D eigenvalue weighted by atomic mass is 16.6. The molecule has 6 aromatic carbocycles. The molecule has 4 aliphatic heterocycles. The third kappa shape index (κ3) is 10.7. The predicted molar refractivity (Wildman–Crippen MR) is 273 cm³/mol. The number of carbonyl (C=O) groups is 4. The van der Waals surface area contributed by atoms with Crippen LogP contribution in [0.4, 0.5) is 0 Å². The van der Waals surface area contributed by atoms with Crippen molar-refractivity contribution in [3.05, 3.63) is 167 Å². The lowest BCUT2D eigenvalue weighted by Crippen LogP contribution is -2.53. The van der Waals surface area contributed by atoms with E-state index >= 15 is 0 Å². The number of piperidine rings is 2. The number of aryl methyl sites for hydroxylation is 2. The molecule has 6 aromatic rings. The van der Waals surface area contributed by atoms with Crippen LogP contribution in [0.5, 0.6) is 0 Å². The van der Waals surface area contributed by atoms with Crippen LogP contribution in [0.25, 0.3) is 21.5 Å². The molecule has 0 saturated carbocycles. The molecule has 4 heterocycles. The highest BCUT2D eigenvalue weighted by Crippen LogP contribution is 2.42. The van der Waals surface area contributed by atoms with E-state index in [1.807, 2.05) is 49.4 Å². The van der Waals surface area contributed by atoms with Gasteiger partial charge in [-0.15, -0.1) is 0 Å². The molecule has 10 heteroatoms. The molecule has 0 amide bonds. The van der Waals surface area contributed by atoms with Crippen molar-refractivity contribution in [1.29, 1.82) is 0 Å². The number of rotatable bonds is 12. The molecule has 70 heavy (non-hydrogen) atoms. The van der Waals surface area contributed by atoms with E-state index in [9.17, 15) is 19.2 Å². The second-order valence-corrected chi connectivity index (χ2v) is 20.3. The molecule has 10 unspecified atom stereocenters. The minimum atomic E-state index is -0.474. The monoisotopic (exact) mass is 942 g/mol. The van der Waals surface area contributed by atoms with Gasteiger partial charge in [0.15, 0.2) is 0 Å². The second-order valence-electron chi connectivity index (χ2n) is 20.3. The Labute approximate surface area is 412 Å². The summed E-state index contributed by atoms with van der Waals surface area (Å²) in [6, 6.07) is 44.4. The van der Waals surface area contributed by atoms with E-state index in [4.69, 9.17) is 18.9 Å². The second kappa shape index (κ2) is 21.3. The molecule has 10 atom stereocenters. The number of hydrogen-bond acceptors (Lipinski definition) is 10. The lowest BCUT2D eigenvalue weighted by Gasteiger charge is -2.42. The van der Waals surface area contributed by atoms with Gasteiger partial charge in [0.25, 0.3) is 0 Å². The Balaban J connectivity index is 0.000000174. The van der Waals surface area contributed by atoms with Crippen LogP contribution < -0.4 is 0 Å². The van der Waals surface area contributed by atoms with Crippen molar-refractivity contribution in [2.24, 2.45) is 11.8 Å². The highest BCUT2D eigenvalue weighted by molar-refractivity contribution is 5.90. The molecule has 10 rings (SSSR count). The third-order valence-corrected chi connectivity index (χ3v) is 15.7. The number of nitrogens with zero attached hydrogens (tertiary/aromatic N) is 2. The molecular formula is C60H66N2O8. The Morgan fingerprint density at radius 1 is 0.557 bits per heavy atom. The zero-order valence-electron chi connectivity index (χ0n) is 41.3. The topological polar surface area (TPSA) is 112 Å². The molecule has 0 spiro atoms. The van der Waals surface area contributed by atoms with Gasteiger partial charge in [-0.1, -0.05) is 127 Å². The van der Waals surface area contributed by atoms with Crippen molar-refractivity contribution in [1.82, 2.24) is 9.80 Å². The summed E-state index contributed by atoms with van der Waals surface area (Å²) in [5.41, 5.74) is 5.59. The summed E-state index contributed by atoms with van der Waals surface area (Å²) < 4.78 is 23.7. The minimum absolute atomic E-state index is 0.0361. The number of carbonyl (C=O) groups excluding carboxylic acids is 4. The Morgan fingerprint density at radius 2 is 1.04 bits per heavy atom. The Morgan fingerprint density at radius 3 is 1.64 bits per heavy atom. The van der Waals surface area contributed by atoms with Crippen LogP contribution >= 0.6 is 0 Å².